The fourth-order valence-corrected chi connectivity index (χ4v) is 16.1. The molecule has 0 aromatic rings. The zero-order valence-electron chi connectivity index (χ0n) is 33.5. The van der Waals surface area contributed by atoms with Gasteiger partial charge in [-0.15, -0.1) is 0 Å². The first-order chi connectivity index (χ1) is 25.4. The largest absolute Gasteiger partial charge is 0.381 e. The van der Waals surface area contributed by atoms with Gasteiger partial charge in [-0.1, -0.05) is 0 Å². The molecule has 0 spiro atoms. The summed E-state index contributed by atoms with van der Waals surface area (Å²) in [5, 5.41) is 0. The van der Waals surface area contributed by atoms with Crippen LogP contribution in [0.2, 0.25) is 0 Å². The molecule has 0 aromatic heterocycles. The minimum Gasteiger partial charge on any atom is -0.381 e. The van der Waals surface area contributed by atoms with E-state index in [-0.39, 0.29) is 48.8 Å². The van der Waals surface area contributed by atoms with E-state index in [9.17, 15) is 0 Å². The van der Waals surface area contributed by atoms with E-state index in [1.54, 1.807) is 0 Å². The maximum Gasteiger partial charge on any atom is 0.0612 e. The van der Waals surface area contributed by atoms with E-state index in [1.807, 2.05) is 56.9 Å². The van der Waals surface area contributed by atoms with Crippen molar-refractivity contribution < 1.29 is 37.9 Å². The van der Waals surface area contributed by atoms with E-state index in [2.05, 4.69) is 47.0 Å². The maximum absolute atomic E-state index is 6.19. The molecule has 8 bridgehead atoms. The maximum atomic E-state index is 6.19. The van der Waals surface area contributed by atoms with Crippen molar-refractivity contribution in [1.82, 2.24) is 0 Å². The lowest BCUT2D eigenvalue weighted by molar-refractivity contribution is -0.0578. The third-order valence-corrected chi connectivity index (χ3v) is 18.9. The normalized spacial score (nSPS) is 44.8. The Bertz CT molecular complexity index is 777. The Labute approximate surface area is 333 Å². The van der Waals surface area contributed by atoms with E-state index >= 15 is 0 Å². The summed E-state index contributed by atoms with van der Waals surface area (Å²) in [6, 6.07) is 0. The topological polar surface area (TPSA) is 73.8 Å². The average Bonchev–Trinajstić information content (AvgIpc) is 3.17. The van der Waals surface area contributed by atoms with Gasteiger partial charge in [-0.25, -0.2) is 0 Å². The zero-order valence-corrected chi connectivity index (χ0v) is 36.7. The van der Waals surface area contributed by atoms with Gasteiger partial charge in [-0.2, -0.15) is 47.0 Å². The van der Waals surface area contributed by atoms with Gasteiger partial charge in [0.15, 0.2) is 0 Å². The molecular formula is C40H72O8S4. The van der Waals surface area contributed by atoms with Gasteiger partial charge in [0.1, 0.15) is 0 Å². The molecule has 0 N–H and O–H groups in total. The van der Waals surface area contributed by atoms with E-state index in [0.29, 0.717) is 47.3 Å². The Balaban J connectivity index is 1.29. The van der Waals surface area contributed by atoms with E-state index in [1.165, 1.54) is 0 Å². The number of ether oxygens (including phenoxy) is 8. The average molecular weight is 809 g/mol. The van der Waals surface area contributed by atoms with Gasteiger partial charge in [0, 0.05) is 56.9 Å². The summed E-state index contributed by atoms with van der Waals surface area (Å²) in [6.45, 7) is 0. The molecule has 0 amide bonds. The van der Waals surface area contributed by atoms with Gasteiger partial charge in [0.25, 0.3) is 0 Å². The number of hydrogen-bond acceptors (Lipinski definition) is 12. The molecule has 10 heterocycles. The number of thioether (sulfide) groups is 4. The second-order valence-corrected chi connectivity index (χ2v) is 20.6. The molecular weight excluding hydrogens is 737 g/mol. The van der Waals surface area contributed by atoms with Crippen molar-refractivity contribution >= 4 is 47.0 Å². The fourth-order valence-electron chi connectivity index (χ4n) is 10.3. The predicted molar refractivity (Wildman–Crippen MR) is 221 cm³/mol. The van der Waals surface area contributed by atoms with Crippen molar-refractivity contribution in [3.8, 4) is 0 Å². The zero-order chi connectivity index (χ0) is 37.0. The lowest BCUT2D eigenvalue weighted by Crippen LogP contribution is -2.45. The summed E-state index contributed by atoms with van der Waals surface area (Å²) < 4.78 is 49.5. The van der Waals surface area contributed by atoms with Crippen LogP contribution in [0.5, 0.6) is 0 Å². The van der Waals surface area contributed by atoms with Gasteiger partial charge in [-0.3, -0.25) is 0 Å². The summed E-state index contributed by atoms with van der Waals surface area (Å²) in [7, 11) is 15.3. The van der Waals surface area contributed by atoms with Crippen LogP contribution in [0.15, 0.2) is 0 Å². The van der Waals surface area contributed by atoms with Crippen LogP contribution in [-0.2, 0) is 37.9 Å². The highest BCUT2D eigenvalue weighted by molar-refractivity contribution is 7.99. The molecule has 10 aliphatic heterocycles. The molecule has 14 aliphatic rings. The highest BCUT2D eigenvalue weighted by Gasteiger charge is 2.43. The number of rotatable bonds is 8. The molecule has 14 rings (SSSR count). The van der Waals surface area contributed by atoms with Crippen LogP contribution in [0, 0.1) is 47.3 Å². The molecule has 52 heavy (non-hydrogen) atoms. The van der Waals surface area contributed by atoms with Crippen LogP contribution in [0.4, 0.5) is 0 Å². The van der Waals surface area contributed by atoms with Crippen molar-refractivity contribution in [3.05, 3.63) is 0 Å². The monoisotopic (exact) mass is 808 g/mol. The van der Waals surface area contributed by atoms with Crippen molar-refractivity contribution in [1.29, 1.82) is 0 Å². The second kappa shape index (κ2) is 22.9. The molecule has 304 valence electrons. The molecule has 4 saturated carbocycles. The summed E-state index contributed by atoms with van der Waals surface area (Å²) in [4.78, 5) is 0. The molecule has 0 aromatic carbocycles. The van der Waals surface area contributed by atoms with Crippen molar-refractivity contribution in [3.63, 3.8) is 0 Å². The Morgan fingerprint density at radius 2 is 0.346 bits per heavy atom. The lowest BCUT2D eigenvalue weighted by atomic mass is 9.79. The Morgan fingerprint density at radius 1 is 0.231 bits per heavy atom. The molecule has 7 unspecified atom stereocenters. The van der Waals surface area contributed by atoms with Crippen molar-refractivity contribution in [2.75, 3.05) is 103 Å². The SMILES string of the molecule is COC1C[C@@H]2CSC[C@H]3CC(OC)[C@@H](CSC[C@H]4CC(OC)[C@@H](CSC[C@H]5CC(OC)[C@@H](CSC[C@H]1CC2OC)CC5OC)C[C@H]4OC)CC3OC. The molecule has 10 saturated heterocycles. The third-order valence-electron chi connectivity index (χ3n) is 13.6. The minimum absolute atomic E-state index is 0.277. The molecule has 16 atom stereocenters. The van der Waals surface area contributed by atoms with Gasteiger partial charge < -0.3 is 37.9 Å². The van der Waals surface area contributed by atoms with Crippen LogP contribution in [0.1, 0.15) is 51.4 Å². The van der Waals surface area contributed by atoms with Crippen LogP contribution in [0.25, 0.3) is 0 Å². The van der Waals surface area contributed by atoms with E-state index in [0.717, 1.165) is 97.4 Å². The second-order valence-electron chi connectivity index (χ2n) is 16.3. The molecule has 14 fully saturated rings. The lowest BCUT2D eigenvalue weighted by Gasteiger charge is -2.43. The van der Waals surface area contributed by atoms with Gasteiger partial charge >= 0.3 is 0 Å². The first-order valence-corrected chi connectivity index (χ1v) is 24.5. The first-order valence-electron chi connectivity index (χ1n) is 19.9. The van der Waals surface area contributed by atoms with E-state index in [4.69, 9.17) is 37.9 Å². The highest BCUT2D eigenvalue weighted by atomic mass is 32.2. The van der Waals surface area contributed by atoms with E-state index < -0.39 is 0 Å². The predicted octanol–water partition coefficient (Wildman–Crippen LogP) is 7.16. The Kier molecular flexibility index (Phi) is 19.4. The van der Waals surface area contributed by atoms with Crippen molar-refractivity contribution in [2.24, 2.45) is 47.3 Å². The smallest absolute Gasteiger partial charge is 0.0612 e. The molecule has 4 aliphatic carbocycles. The summed E-state index contributed by atoms with van der Waals surface area (Å²) >= 11 is 8.35. The summed E-state index contributed by atoms with van der Waals surface area (Å²) in [5.74, 6) is 12.8. The molecule has 0 radical (unpaired) electrons. The first kappa shape index (κ1) is 44.2. The van der Waals surface area contributed by atoms with Crippen LogP contribution >= 0.6 is 47.0 Å². The summed E-state index contributed by atoms with van der Waals surface area (Å²) in [6.07, 6.45) is 10.8. The van der Waals surface area contributed by atoms with Crippen LogP contribution in [0.3, 0.4) is 0 Å². The quantitative estimate of drug-likeness (QED) is 0.250. The Morgan fingerprint density at radius 3 is 0.442 bits per heavy atom. The number of methoxy groups -OCH3 is 8. The number of hydrogen-bond donors (Lipinski definition) is 0. The van der Waals surface area contributed by atoms with Gasteiger partial charge in [-0.05, 0) is 145 Å². The molecule has 12 heteroatoms. The summed E-state index contributed by atoms with van der Waals surface area (Å²) in [5.41, 5.74) is 0. The van der Waals surface area contributed by atoms with Gasteiger partial charge in [0.2, 0.25) is 0 Å². The third kappa shape index (κ3) is 11.6. The van der Waals surface area contributed by atoms with Crippen LogP contribution < -0.4 is 0 Å². The Hall–Kier alpha value is 1.08. The highest BCUT2D eigenvalue weighted by Crippen LogP contribution is 2.43. The van der Waals surface area contributed by atoms with Crippen LogP contribution in [-0.4, -0.2) is 152 Å². The van der Waals surface area contributed by atoms with Crippen molar-refractivity contribution in [2.45, 2.75) is 100 Å². The van der Waals surface area contributed by atoms with Gasteiger partial charge in [0.05, 0.1) is 48.8 Å². The minimum atomic E-state index is 0.277. The fraction of sp³-hybridized carbons (Fsp3) is 1.00. The molecule has 8 nitrogen and oxygen atoms in total. The standard InChI is InChI=1S/C40H72O8S4/c1-41-33-9-26-18-50-20-28-12-38(46-6)30(14-37(28)45-5)22-52-24-32-16-39(47-7)31(15-40(32)48-8)23-51-21-29-13-35(43-3)27(11-36(29)44-4)19-49-17-25(33)10-34(26)42-2/h25-40H,9-24H2,1-8H3/t25-,26-,27-,28-,29-,30-,31-,32-,33-,34?,35?,36?,37?,38?,39?,40?/m1/s1.